The number of benzene rings is 1. The largest absolute Gasteiger partial charge is 0.393 e. The lowest BCUT2D eigenvalue weighted by Crippen LogP contribution is -2.51. The van der Waals surface area contributed by atoms with E-state index in [1.54, 1.807) is 0 Å². The van der Waals surface area contributed by atoms with E-state index in [1.807, 2.05) is 0 Å². The lowest BCUT2D eigenvalue weighted by Gasteiger charge is -2.40. The molecule has 3 nitrogen and oxygen atoms in total. The van der Waals surface area contributed by atoms with Crippen LogP contribution in [0.25, 0.3) is 0 Å². The topological polar surface area (TPSA) is 32.5 Å². The van der Waals surface area contributed by atoms with Gasteiger partial charge in [0.2, 0.25) is 0 Å². The fourth-order valence-electron chi connectivity index (χ4n) is 3.17. The number of hydrogen-bond acceptors (Lipinski definition) is 3. The Labute approximate surface area is 134 Å². The van der Waals surface area contributed by atoms with Crippen LogP contribution in [0.5, 0.6) is 0 Å². The molecule has 4 heteroatoms. The predicted molar refractivity (Wildman–Crippen MR) is 95.2 cm³/mol. The minimum absolute atomic E-state index is 0.503. The predicted octanol–water partition coefficient (Wildman–Crippen LogP) is 2.88. The molecule has 21 heavy (non-hydrogen) atoms. The summed E-state index contributed by atoms with van der Waals surface area (Å²) in [5, 5.41) is 0. The maximum Gasteiger partial charge on any atom is 0.0743 e. The SMILES string of the molecule is CCC(CC(N)=S)N1CCN(c2cccc(C)c2C)CC1. The average molecular weight is 305 g/mol. The Morgan fingerprint density at radius 2 is 1.90 bits per heavy atom. The Bertz CT molecular complexity index is 493. The zero-order valence-corrected chi connectivity index (χ0v) is 14.2. The van der Waals surface area contributed by atoms with Crippen LogP contribution in [0.4, 0.5) is 5.69 Å². The van der Waals surface area contributed by atoms with E-state index >= 15 is 0 Å². The molecule has 1 aromatic rings. The van der Waals surface area contributed by atoms with E-state index in [0.717, 1.165) is 39.0 Å². The van der Waals surface area contributed by atoms with E-state index < -0.39 is 0 Å². The van der Waals surface area contributed by atoms with Crippen molar-refractivity contribution in [3.63, 3.8) is 0 Å². The third-order valence-electron chi connectivity index (χ3n) is 4.66. The summed E-state index contributed by atoms with van der Waals surface area (Å²) in [6.07, 6.45) is 1.95. The molecule has 1 aromatic carbocycles. The molecule has 1 atom stereocenters. The highest BCUT2D eigenvalue weighted by molar-refractivity contribution is 7.80. The van der Waals surface area contributed by atoms with Gasteiger partial charge in [0.1, 0.15) is 0 Å². The summed E-state index contributed by atoms with van der Waals surface area (Å²) in [7, 11) is 0. The van der Waals surface area contributed by atoms with Crippen LogP contribution in [0, 0.1) is 13.8 Å². The molecule has 0 amide bonds. The lowest BCUT2D eigenvalue weighted by atomic mass is 10.1. The molecule has 2 rings (SSSR count). The Morgan fingerprint density at radius 3 is 2.48 bits per heavy atom. The summed E-state index contributed by atoms with van der Waals surface area (Å²) in [4.78, 5) is 5.69. The van der Waals surface area contributed by atoms with Gasteiger partial charge in [-0.25, -0.2) is 0 Å². The monoisotopic (exact) mass is 305 g/mol. The van der Waals surface area contributed by atoms with Gasteiger partial charge in [-0.05, 0) is 37.5 Å². The number of anilines is 1. The first kappa shape index (κ1) is 16.2. The highest BCUT2D eigenvalue weighted by atomic mass is 32.1. The second kappa shape index (κ2) is 7.23. The van der Waals surface area contributed by atoms with Crippen LogP contribution in [0.1, 0.15) is 30.9 Å². The fraction of sp³-hybridized carbons (Fsp3) is 0.588. The number of thiocarbonyl (C=S) groups is 1. The zero-order chi connectivity index (χ0) is 15.4. The van der Waals surface area contributed by atoms with Crippen LogP contribution < -0.4 is 10.6 Å². The van der Waals surface area contributed by atoms with Crippen LogP contribution in [-0.2, 0) is 0 Å². The fourth-order valence-corrected chi connectivity index (χ4v) is 3.36. The van der Waals surface area contributed by atoms with Gasteiger partial charge in [-0.1, -0.05) is 31.3 Å². The Kier molecular flexibility index (Phi) is 5.59. The van der Waals surface area contributed by atoms with Gasteiger partial charge in [0.05, 0.1) is 4.99 Å². The first-order valence-corrected chi connectivity index (χ1v) is 8.27. The molecular weight excluding hydrogens is 278 g/mol. The summed E-state index contributed by atoms with van der Waals surface area (Å²) >= 11 is 5.08. The molecule has 1 saturated heterocycles. The Morgan fingerprint density at radius 1 is 1.24 bits per heavy atom. The van der Waals surface area contributed by atoms with E-state index in [-0.39, 0.29) is 0 Å². The molecule has 116 valence electrons. The van der Waals surface area contributed by atoms with Crippen molar-refractivity contribution in [2.24, 2.45) is 5.73 Å². The molecule has 1 aliphatic heterocycles. The van der Waals surface area contributed by atoms with Gasteiger partial charge in [0.25, 0.3) is 0 Å². The van der Waals surface area contributed by atoms with E-state index in [1.165, 1.54) is 16.8 Å². The van der Waals surface area contributed by atoms with Crippen molar-refractivity contribution < 1.29 is 0 Å². The molecule has 1 unspecified atom stereocenters. The molecular formula is C17H27N3S. The average Bonchev–Trinajstić information content (AvgIpc) is 2.48. The third kappa shape index (κ3) is 3.95. The quantitative estimate of drug-likeness (QED) is 0.848. The van der Waals surface area contributed by atoms with Crippen molar-refractivity contribution in [3.05, 3.63) is 29.3 Å². The normalized spacial score (nSPS) is 17.8. The maximum absolute atomic E-state index is 5.72. The van der Waals surface area contributed by atoms with Crippen LogP contribution >= 0.6 is 12.2 Å². The van der Waals surface area contributed by atoms with Gasteiger partial charge in [-0.15, -0.1) is 0 Å². The van der Waals surface area contributed by atoms with Crippen LogP contribution in [0.3, 0.4) is 0 Å². The van der Waals surface area contributed by atoms with Gasteiger partial charge in [0, 0.05) is 44.3 Å². The number of aryl methyl sites for hydroxylation is 1. The highest BCUT2D eigenvalue weighted by Crippen LogP contribution is 2.24. The van der Waals surface area contributed by atoms with E-state index in [9.17, 15) is 0 Å². The molecule has 0 aliphatic carbocycles. The zero-order valence-electron chi connectivity index (χ0n) is 13.4. The number of rotatable bonds is 5. The first-order chi connectivity index (χ1) is 10.0. The second-order valence-corrected chi connectivity index (χ2v) is 6.50. The Hall–Kier alpha value is -1.13. The van der Waals surface area contributed by atoms with E-state index in [0.29, 0.717) is 11.0 Å². The molecule has 1 fully saturated rings. The second-order valence-electron chi connectivity index (χ2n) is 5.97. The standard InChI is InChI=1S/C17H27N3S/c1-4-15(12-17(18)21)19-8-10-20(11-9-19)16-7-5-6-13(2)14(16)3/h5-7,15H,4,8-12H2,1-3H3,(H2,18,21). The summed E-state index contributed by atoms with van der Waals surface area (Å²) < 4.78 is 0. The maximum atomic E-state index is 5.72. The molecule has 0 radical (unpaired) electrons. The number of nitrogens with two attached hydrogens (primary N) is 1. The summed E-state index contributed by atoms with van der Waals surface area (Å²) in [5.41, 5.74) is 9.89. The molecule has 2 N–H and O–H groups in total. The molecule has 1 aliphatic rings. The molecule has 0 saturated carbocycles. The van der Waals surface area contributed by atoms with Gasteiger partial charge < -0.3 is 10.6 Å². The molecule has 0 bridgehead atoms. The van der Waals surface area contributed by atoms with Crippen LogP contribution in [0.2, 0.25) is 0 Å². The van der Waals surface area contributed by atoms with Crippen molar-refractivity contribution in [1.29, 1.82) is 0 Å². The summed E-state index contributed by atoms with van der Waals surface area (Å²) in [6.45, 7) is 11.0. The lowest BCUT2D eigenvalue weighted by molar-refractivity contribution is 0.184. The van der Waals surface area contributed by atoms with Crippen molar-refractivity contribution in [1.82, 2.24) is 4.90 Å². The summed E-state index contributed by atoms with van der Waals surface area (Å²) in [6, 6.07) is 7.09. The Balaban J connectivity index is 1.99. The number of piperazine rings is 1. The van der Waals surface area contributed by atoms with Crippen molar-refractivity contribution in [3.8, 4) is 0 Å². The van der Waals surface area contributed by atoms with Crippen molar-refractivity contribution in [2.45, 2.75) is 39.7 Å². The van der Waals surface area contributed by atoms with Gasteiger partial charge >= 0.3 is 0 Å². The first-order valence-electron chi connectivity index (χ1n) is 7.86. The summed E-state index contributed by atoms with van der Waals surface area (Å²) in [5.74, 6) is 0. The molecule has 1 heterocycles. The minimum Gasteiger partial charge on any atom is -0.393 e. The third-order valence-corrected chi connectivity index (χ3v) is 4.82. The number of nitrogens with zero attached hydrogens (tertiary/aromatic N) is 2. The van der Waals surface area contributed by atoms with E-state index in [4.69, 9.17) is 18.0 Å². The minimum atomic E-state index is 0.503. The smallest absolute Gasteiger partial charge is 0.0743 e. The van der Waals surface area contributed by atoms with E-state index in [2.05, 4.69) is 48.8 Å². The highest BCUT2D eigenvalue weighted by Gasteiger charge is 2.24. The van der Waals surface area contributed by atoms with Crippen molar-refractivity contribution >= 4 is 22.9 Å². The number of hydrogen-bond donors (Lipinski definition) is 1. The molecule has 0 aromatic heterocycles. The van der Waals surface area contributed by atoms with Crippen LogP contribution in [-0.4, -0.2) is 42.1 Å². The van der Waals surface area contributed by atoms with Gasteiger partial charge in [-0.2, -0.15) is 0 Å². The van der Waals surface area contributed by atoms with Crippen LogP contribution in [0.15, 0.2) is 18.2 Å². The van der Waals surface area contributed by atoms with Gasteiger partial charge in [-0.3, -0.25) is 4.90 Å². The van der Waals surface area contributed by atoms with Gasteiger partial charge in [0.15, 0.2) is 0 Å². The molecule has 0 spiro atoms. The van der Waals surface area contributed by atoms with Crippen molar-refractivity contribution in [2.75, 3.05) is 31.1 Å².